The second-order valence-corrected chi connectivity index (χ2v) is 6.94. The molecule has 1 N–H and O–H groups in total. The quantitative estimate of drug-likeness (QED) is 0.331. The number of carbonyl (C=O) groups is 2. The third kappa shape index (κ3) is 4.47. The lowest BCUT2D eigenvalue weighted by Crippen LogP contribution is -2.14. The number of amides is 1. The Morgan fingerprint density at radius 3 is 2.33 bits per heavy atom. The first-order valence-corrected chi connectivity index (χ1v) is 9.81. The molecular weight excluding hydrogens is 408 g/mol. The standard InChI is InChI=1S/C21H18N2O6S/c1-3-29-21(25)18-17(13-6-10-16(28-2)11-7-13)12-30-20(18)22-19(24)14-4-8-15(9-5-14)23(26)27/h4-12H,3H2,1-2H3,(H,22,24). The maximum Gasteiger partial charge on any atom is 0.341 e. The fourth-order valence-corrected chi connectivity index (χ4v) is 3.70. The summed E-state index contributed by atoms with van der Waals surface area (Å²) in [7, 11) is 1.56. The summed E-state index contributed by atoms with van der Waals surface area (Å²) in [6.07, 6.45) is 0. The van der Waals surface area contributed by atoms with Crippen molar-refractivity contribution in [2.45, 2.75) is 6.92 Å². The van der Waals surface area contributed by atoms with Crippen LogP contribution in [0.5, 0.6) is 5.75 Å². The van der Waals surface area contributed by atoms with Gasteiger partial charge in [0.1, 0.15) is 16.3 Å². The number of hydrogen-bond donors (Lipinski definition) is 1. The number of nitrogens with one attached hydrogen (secondary N) is 1. The average Bonchev–Trinajstić information content (AvgIpc) is 3.17. The lowest BCUT2D eigenvalue weighted by atomic mass is 10.0. The van der Waals surface area contributed by atoms with Crippen molar-refractivity contribution in [3.05, 3.63) is 75.2 Å². The van der Waals surface area contributed by atoms with Crippen LogP contribution in [0.25, 0.3) is 11.1 Å². The fourth-order valence-electron chi connectivity index (χ4n) is 2.75. The Morgan fingerprint density at radius 1 is 1.10 bits per heavy atom. The minimum atomic E-state index is -0.552. The van der Waals surface area contributed by atoms with Crippen LogP contribution in [0.15, 0.2) is 53.9 Å². The van der Waals surface area contributed by atoms with Gasteiger partial charge in [0.25, 0.3) is 11.6 Å². The number of nitro benzene ring substituents is 1. The number of thiophene rings is 1. The normalized spacial score (nSPS) is 10.3. The summed E-state index contributed by atoms with van der Waals surface area (Å²) in [5.41, 5.74) is 1.76. The molecule has 0 fully saturated rings. The molecule has 0 radical (unpaired) electrons. The Hall–Kier alpha value is -3.72. The van der Waals surface area contributed by atoms with Gasteiger partial charge in [-0.05, 0) is 36.8 Å². The van der Waals surface area contributed by atoms with E-state index in [4.69, 9.17) is 9.47 Å². The highest BCUT2D eigenvalue weighted by Crippen LogP contribution is 2.37. The summed E-state index contributed by atoms with van der Waals surface area (Å²) >= 11 is 1.19. The number of hydrogen-bond acceptors (Lipinski definition) is 7. The lowest BCUT2D eigenvalue weighted by molar-refractivity contribution is -0.384. The highest BCUT2D eigenvalue weighted by Gasteiger charge is 2.23. The molecule has 0 spiro atoms. The van der Waals surface area contributed by atoms with Crippen molar-refractivity contribution in [2.24, 2.45) is 0 Å². The molecule has 154 valence electrons. The van der Waals surface area contributed by atoms with E-state index in [1.807, 2.05) is 12.1 Å². The number of rotatable bonds is 7. The summed E-state index contributed by atoms with van der Waals surface area (Å²) in [5.74, 6) is -0.361. The number of nitro groups is 1. The van der Waals surface area contributed by atoms with Gasteiger partial charge in [0.05, 0.1) is 18.6 Å². The molecule has 1 aromatic heterocycles. The van der Waals surface area contributed by atoms with Crippen LogP contribution in [0.4, 0.5) is 10.7 Å². The number of methoxy groups -OCH3 is 1. The lowest BCUT2D eigenvalue weighted by Gasteiger charge is -2.09. The molecule has 30 heavy (non-hydrogen) atoms. The molecule has 1 amide bonds. The molecule has 9 heteroatoms. The number of carbonyl (C=O) groups excluding carboxylic acids is 2. The van der Waals surface area contributed by atoms with Gasteiger partial charge in [-0.2, -0.15) is 0 Å². The summed E-state index contributed by atoms with van der Waals surface area (Å²) in [6, 6.07) is 12.4. The van der Waals surface area contributed by atoms with Gasteiger partial charge in [-0.15, -0.1) is 11.3 Å². The van der Waals surface area contributed by atoms with E-state index in [9.17, 15) is 19.7 Å². The van der Waals surface area contributed by atoms with Crippen LogP contribution < -0.4 is 10.1 Å². The SMILES string of the molecule is CCOC(=O)c1c(-c2ccc(OC)cc2)csc1NC(=O)c1ccc([N+](=O)[O-])cc1. The maximum absolute atomic E-state index is 12.6. The number of non-ortho nitro benzene ring substituents is 1. The van der Waals surface area contributed by atoms with Gasteiger partial charge in [0.15, 0.2) is 0 Å². The largest absolute Gasteiger partial charge is 0.497 e. The van der Waals surface area contributed by atoms with E-state index >= 15 is 0 Å². The van der Waals surface area contributed by atoms with Gasteiger partial charge in [-0.1, -0.05) is 12.1 Å². The molecule has 0 aliphatic carbocycles. The second-order valence-electron chi connectivity index (χ2n) is 6.06. The minimum Gasteiger partial charge on any atom is -0.497 e. The minimum absolute atomic E-state index is 0.114. The fraction of sp³-hybridized carbons (Fsp3) is 0.143. The van der Waals surface area contributed by atoms with Gasteiger partial charge in [0.2, 0.25) is 0 Å². The van der Waals surface area contributed by atoms with E-state index < -0.39 is 16.8 Å². The van der Waals surface area contributed by atoms with Crippen LogP contribution in [0, 0.1) is 10.1 Å². The van der Waals surface area contributed by atoms with Gasteiger partial charge in [0, 0.05) is 28.6 Å². The monoisotopic (exact) mass is 426 g/mol. The molecule has 8 nitrogen and oxygen atoms in total. The predicted octanol–water partition coefficient (Wildman–Crippen LogP) is 4.76. The van der Waals surface area contributed by atoms with E-state index in [0.29, 0.717) is 16.3 Å². The first-order valence-electron chi connectivity index (χ1n) is 8.93. The zero-order valence-corrected chi connectivity index (χ0v) is 17.0. The van der Waals surface area contributed by atoms with Crippen molar-refractivity contribution in [1.29, 1.82) is 0 Å². The van der Waals surface area contributed by atoms with Crippen LogP contribution >= 0.6 is 11.3 Å². The van der Waals surface area contributed by atoms with E-state index in [1.54, 1.807) is 31.5 Å². The molecule has 0 atom stereocenters. The molecule has 0 saturated heterocycles. The van der Waals surface area contributed by atoms with E-state index in [-0.39, 0.29) is 23.4 Å². The molecule has 0 bridgehead atoms. The van der Waals surface area contributed by atoms with Gasteiger partial charge in [-0.3, -0.25) is 14.9 Å². The summed E-state index contributed by atoms with van der Waals surface area (Å²) in [5, 5.41) is 15.6. The summed E-state index contributed by atoms with van der Waals surface area (Å²) < 4.78 is 10.3. The third-order valence-corrected chi connectivity index (χ3v) is 5.13. The maximum atomic E-state index is 12.6. The van der Waals surface area contributed by atoms with Crippen molar-refractivity contribution in [3.63, 3.8) is 0 Å². The van der Waals surface area contributed by atoms with Crippen LogP contribution in [0.3, 0.4) is 0 Å². The molecule has 0 aliphatic rings. The zero-order valence-electron chi connectivity index (χ0n) is 16.2. The van der Waals surface area contributed by atoms with Gasteiger partial charge < -0.3 is 14.8 Å². The first kappa shape index (κ1) is 21.0. The van der Waals surface area contributed by atoms with Gasteiger partial charge >= 0.3 is 5.97 Å². The van der Waals surface area contributed by atoms with Crippen molar-refractivity contribution in [3.8, 4) is 16.9 Å². The Labute approximate surface area is 176 Å². The number of ether oxygens (including phenoxy) is 2. The average molecular weight is 426 g/mol. The molecule has 3 rings (SSSR count). The van der Waals surface area contributed by atoms with E-state index in [2.05, 4.69) is 5.32 Å². The highest BCUT2D eigenvalue weighted by atomic mass is 32.1. The predicted molar refractivity (Wildman–Crippen MR) is 113 cm³/mol. The molecule has 0 aliphatic heterocycles. The smallest absolute Gasteiger partial charge is 0.341 e. The molecule has 0 unspecified atom stereocenters. The third-order valence-electron chi connectivity index (χ3n) is 4.24. The molecule has 1 heterocycles. The van der Waals surface area contributed by atoms with Crippen molar-refractivity contribution >= 4 is 33.9 Å². The highest BCUT2D eigenvalue weighted by molar-refractivity contribution is 7.15. The van der Waals surface area contributed by atoms with Crippen LogP contribution in [0.1, 0.15) is 27.6 Å². The van der Waals surface area contributed by atoms with E-state index in [1.165, 1.54) is 35.6 Å². The molecule has 2 aromatic carbocycles. The summed E-state index contributed by atoms with van der Waals surface area (Å²) in [6.45, 7) is 1.89. The Bertz CT molecular complexity index is 1070. The number of benzene rings is 2. The van der Waals surface area contributed by atoms with Crippen molar-refractivity contribution in [2.75, 3.05) is 19.0 Å². The topological polar surface area (TPSA) is 108 Å². The molecule has 0 saturated carbocycles. The Kier molecular flexibility index (Phi) is 6.43. The van der Waals surface area contributed by atoms with Crippen LogP contribution in [-0.4, -0.2) is 30.5 Å². The van der Waals surface area contributed by atoms with Crippen molar-refractivity contribution < 1.29 is 24.0 Å². The Morgan fingerprint density at radius 2 is 1.77 bits per heavy atom. The zero-order chi connectivity index (χ0) is 21.7. The number of nitrogens with zero attached hydrogens (tertiary/aromatic N) is 1. The van der Waals surface area contributed by atoms with Crippen LogP contribution in [0.2, 0.25) is 0 Å². The summed E-state index contributed by atoms with van der Waals surface area (Å²) in [4.78, 5) is 35.5. The van der Waals surface area contributed by atoms with Crippen molar-refractivity contribution in [1.82, 2.24) is 0 Å². The first-order chi connectivity index (χ1) is 14.4. The Balaban J connectivity index is 1.93. The van der Waals surface area contributed by atoms with Gasteiger partial charge in [-0.25, -0.2) is 4.79 Å². The van der Waals surface area contributed by atoms with E-state index in [0.717, 1.165) is 5.56 Å². The molecule has 3 aromatic rings. The number of esters is 1. The second kappa shape index (κ2) is 9.19. The number of anilines is 1. The van der Waals surface area contributed by atoms with Crippen LogP contribution in [-0.2, 0) is 4.74 Å². The molecular formula is C21H18N2O6S.